The third-order valence-corrected chi connectivity index (χ3v) is 5.05. The highest BCUT2D eigenvalue weighted by Crippen LogP contribution is 2.15. The molecule has 0 heterocycles. The molecule has 0 bridgehead atoms. The molecule has 0 fully saturated rings. The summed E-state index contributed by atoms with van der Waals surface area (Å²) < 4.78 is 43.9. The molecule has 1 amide bonds. The van der Waals surface area contributed by atoms with Crippen LogP contribution >= 0.6 is 0 Å². The molecule has 0 aliphatic rings. The standard InChI is InChI=1S/C28H49NO9/c1-3-4-5-6-11-31-12-13-32-14-15-33-16-17-34-18-19-35-20-21-36-22-23-37-24-25-38-28-9-7-27(8-10-28)29-26(2)30/h7-10H,3-6,11-25H2,1-2H3,(H,29,30). The largest absolute Gasteiger partial charge is 0.491 e. The van der Waals surface area contributed by atoms with Crippen LogP contribution in [0.4, 0.5) is 5.69 Å². The number of ether oxygens (including phenoxy) is 8. The van der Waals surface area contributed by atoms with Crippen molar-refractivity contribution in [2.45, 2.75) is 39.5 Å². The fourth-order valence-corrected chi connectivity index (χ4v) is 3.11. The second kappa shape index (κ2) is 26.8. The van der Waals surface area contributed by atoms with E-state index in [0.717, 1.165) is 24.5 Å². The van der Waals surface area contributed by atoms with Gasteiger partial charge in [-0.1, -0.05) is 26.2 Å². The zero-order chi connectivity index (χ0) is 27.4. The number of nitrogens with one attached hydrogen (secondary N) is 1. The van der Waals surface area contributed by atoms with E-state index in [9.17, 15) is 4.79 Å². The molecule has 0 spiro atoms. The molecule has 0 saturated carbocycles. The Labute approximate surface area is 228 Å². The van der Waals surface area contributed by atoms with Crippen LogP contribution in [0.5, 0.6) is 5.75 Å². The van der Waals surface area contributed by atoms with Gasteiger partial charge >= 0.3 is 0 Å². The number of rotatable bonds is 28. The van der Waals surface area contributed by atoms with Gasteiger partial charge in [0, 0.05) is 19.2 Å². The highest BCUT2D eigenvalue weighted by Gasteiger charge is 1.98. The summed E-state index contributed by atoms with van der Waals surface area (Å²) in [6.45, 7) is 11.9. The highest BCUT2D eigenvalue weighted by molar-refractivity contribution is 5.88. The maximum atomic E-state index is 11.0. The first-order valence-corrected chi connectivity index (χ1v) is 13.8. The smallest absolute Gasteiger partial charge is 0.221 e. The average molecular weight is 544 g/mol. The van der Waals surface area contributed by atoms with Crippen LogP contribution < -0.4 is 10.1 Å². The van der Waals surface area contributed by atoms with Crippen LogP contribution in [0.25, 0.3) is 0 Å². The number of carbonyl (C=O) groups is 1. The zero-order valence-corrected chi connectivity index (χ0v) is 23.4. The lowest BCUT2D eigenvalue weighted by atomic mass is 10.2. The van der Waals surface area contributed by atoms with Gasteiger partial charge in [-0.25, -0.2) is 0 Å². The summed E-state index contributed by atoms with van der Waals surface area (Å²) in [5.74, 6) is 0.622. The molecule has 10 nitrogen and oxygen atoms in total. The summed E-state index contributed by atoms with van der Waals surface area (Å²) in [6.07, 6.45) is 4.89. The molecule has 0 atom stereocenters. The average Bonchev–Trinajstić information content (AvgIpc) is 2.91. The van der Waals surface area contributed by atoms with E-state index in [0.29, 0.717) is 92.5 Å². The highest BCUT2D eigenvalue weighted by atomic mass is 16.6. The van der Waals surface area contributed by atoms with Crippen molar-refractivity contribution >= 4 is 11.6 Å². The van der Waals surface area contributed by atoms with Crippen LogP contribution in [0.1, 0.15) is 39.5 Å². The van der Waals surface area contributed by atoms with E-state index in [4.69, 9.17) is 37.9 Å². The van der Waals surface area contributed by atoms with E-state index in [1.807, 2.05) is 0 Å². The Bertz CT molecular complexity index is 646. The lowest BCUT2D eigenvalue weighted by molar-refractivity contribution is -0.114. The molecule has 1 aromatic rings. The lowest BCUT2D eigenvalue weighted by Crippen LogP contribution is -2.15. The molecule has 1 N–H and O–H groups in total. The third-order valence-electron chi connectivity index (χ3n) is 5.05. The van der Waals surface area contributed by atoms with Crippen LogP contribution in [0.3, 0.4) is 0 Å². The zero-order valence-electron chi connectivity index (χ0n) is 23.4. The molecule has 0 unspecified atom stereocenters. The number of carbonyl (C=O) groups excluding carboxylic acids is 1. The molecule has 1 rings (SSSR count). The van der Waals surface area contributed by atoms with Crippen molar-refractivity contribution in [2.75, 3.05) is 104 Å². The Hall–Kier alpha value is -1.79. The Balaban J connectivity index is 1.70. The van der Waals surface area contributed by atoms with Crippen LogP contribution in [0.2, 0.25) is 0 Å². The van der Waals surface area contributed by atoms with Crippen molar-refractivity contribution in [3.8, 4) is 5.75 Å². The van der Waals surface area contributed by atoms with Crippen LogP contribution in [-0.4, -0.2) is 105 Å². The summed E-state index contributed by atoms with van der Waals surface area (Å²) in [7, 11) is 0. The quantitative estimate of drug-likeness (QED) is 0.158. The molecule has 0 saturated heterocycles. The van der Waals surface area contributed by atoms with Gasteiger partial charge in [-0.05, 0) is 30.7 Å². The minimum Gasteiger partial charge on any atom is -0.491 e. The molecule has 1 aromatic carbocycles. The third kappa shape index (κ3) is 23.3. The normalized spacial score (nSPS) is 11.1. The van der Waals surface area contributed by atoms with Gasteiger partial charge in [-0.2, -0.15) is 0 Å². The van der Waals surface area contributed by atoms with E-state index in [1.54, 1.807) is 24.3 Å². The molecule has 220 valence electrons. The minimum absolute atomic E-state index is 0.102. The number of anilines is 1. The molecule has 0 aliphatic heterocycles. The van der Waals surface area contributed by atoms with Crippen molar-refractivity contribution < 1.29 is 42.7 Å². The Morgan fingerprint density at radius 2 is 0.947 bits per heavy atom. The van der Waals surface area contributed by atoms with Gasteiger partial charge in [0.25, 0.3) is 0 Å². The summed E-state index contributed by atoms with van der Waals surface area (Å²) in [4.78, 5) is 11.0. The second-order valence-corrected chi connectivity index (χ2v) is 8.40. The number of benzene rings is 1. The van der Waals surface area contributed by atoms with E-state index in [2.05, 4.69) is 12.2 Å². The van der Waals surface area contributed by atoms with Gasteiger partial charge in [-0.3, -0.25) is 4.79 Å². The first kappa shape index (κ1) is 34.2. The van der Waals surface area contributed by atoms with Crippen LogP contribution in [0, 0.1) is 0 Å². The topological polar surface area (TPSA) is 103 Å². The molecule has 38 heavy (non-hydrogen) atoms. The summed E-state index contributed by atoms with van der Waals surface area (Å²) >= 11 is 0. The Morgan fingerprint density at radius 1 is 0.553 bits per heavy atom. The Morgan fingerprint density at radius 3 is 1.34 bits per heavy atom. The number of hydrogen-bond donors (Lipinski definition) is 1. The van der Waals surface area contributed by atoms with Crippen molar-refractivity contribution in [1.29, 1.82) is 0 Å². The van der Waals surface area contributed by atoms with Gasteiger partial charge in [0.05, 0.1) is 85.9 Å². The molecular formula is C28H49NO9. The first-order chi connectivity index (χ1) is 18.7. The fraction of sp³-hybridized carbons (Fsp3) is 0.750. The second-order valence-electron chi connectivity index (χ2n) is 8.40. The summed E-state index contributed by atoms with van der Waals surface area (Å²) in [5, 5.41) is 2.71. The van der Waals surface area contributed by atoms with Crippen LogP contribution in [-0.2, 0) is 38.0 Å². The maximum Gasteiger partial charge on any atom is 0.221 e. The lowest BCUT2D eigenvalue weighted by Gasteiger charge is -2.09. The van der Waals surface area contributed by atoms with Crippen molar-refractivity contribution in [1.82, 2.24) is 0 Å². The predicted molar refractivity (Wildman–Crippen MR) is 146 cm³/mol. The molecular weight excluding hydrogens is 494 g/mol. The summed E-state index contributed by atoms with van der Waals surface area (Å²) in [5.41, 5.74) is 0.738. The maximum absolute atomic E-state index is 11.0. The molecule has 0 aromatic heterocycles. The summed E-state index contributed by atoms with van der Waals surface area (Å²) in [6, 6.07) is 7.19. The SMILES string of the molecule is CCCCCCOCCOCCOCCOCCOCCOCCOCCOc1ccc(NC(C)=O)cc1. The number of unbranched alkanes of at least 4 members (excludes halogenated alkanes) is 3. The fourth-order valence-electron chi connectivity index (χ4n) is 3.11. The van der Waals surface area contributed by atoms with Gasteiger partial charge in [-0.15, -0.1) is 0 Å². The predicted octanol–water partition coefficient (Wildman–Crippen LogP) is 3.72. The number of amides is 1. The van der Waals surface area contributed by atoms with Crippen molar-refractivity contribution in [3.63, 3.8) is 0 Å². The minimum atomic E-state index is -0.102. The molecule has 0 radical (unpaired) electrons. The van der Waals surface area contributed by atoms with Gasteiger partial charge < -0.3 is 43.2 Å². The monoisotopic (exact) mass is 543 g/mol. The van der Waals surface area contributed by atoms with Crippen molar-refractivity contribution in [2.24, 2.45) is 0 Å². The first-order valence-electron chi connectivity index (χ1n) is 13.8. The van der Waals surface area contributed by atoms with Gasteiger partial charge in [0.1, 0.15) is 12.4 Å². The van der Waals surface area contributed by atoms with Gasteiger partial charge in [0.2, 0.25) is 5.91 Å². The van der Waals surface area contributed by atoms with E-state index in [1.165, 1.54) is 26.2 Å². The number of hydrogen-bond acceptors (Lipinski definition) is 9. The Kier molecular flexibility index (Phi) is 24.1. The molecule has 10 heteroatoms. The molecule has 0 aliphatic carbocycles. The van der Waals surface area contributed by atoms with E-state index in [-0.39, 0.29) is 5.91 Å². The van der Waals surface area contributed by atoms with E-state index < -0.39 is 0 Å². The van der Waals surface area contributed by atoms with Gasteiger partial charge in [0.15, 0.2) is 0 Å². The van der Waals surface area contributed by atoms with Crippen molar-refractivity contribution in [3.05, 3.63) is 24.3 Å². The van der Waals surface area contributed by atoms with Crippen LogP contribution in [0.15, 0.2) is 24.3 Å². The van der Waals surface area contributed by atoms with E-state index >= 15 is 0 Å².